The van der Waals surface area contributed by atoms with Gasteiger partial charge in [0.1, 0.15) is 6.61 Å². The number of hydrogen-bond acceptors (Lipinski definition) is 0. The second-order valence-corrected chi connectivity index (χ2v) is 2.66. The van der Waals surface area contributed by atoms with Crippen LogP contribution in [0.5, 0.6) is 0 Å². The lowest BCUT2D eigenvalue weighted by Crippen LogP contribution is -1.81. The van der Waals surface area contributed by atoms with Gasteiger partial charge < -0.3 is 0 Å². The van der Waals surface area contributed by atoms with Crippen molar-refractivity contribution in [2.45, 2.75) is 12.8 Å². The van der Waals surface area contributed by atoms with Crippen LogP contribution in [-0.2, 0) is 11.5 Å². The summed E-state index contributed by atoms with van der Waals surface area (Å²) in [7, 11) is 0. The van der Waals surface area contributed by atoms with Crippen molar-refractivity contribution >= 4 is 0 Å². The van der Waals surface area contributed by atoms with Crippen molar-refractivity contribution in [1.29, 1.82) is 0 Å². The standard InChI is InChI=1S/C11H13O/c12-10-6-2-5-9-11-7-3-1-4-8-11/h1-4,6-8H,5,9-10H2/b6-2+. The van der Waals surface area contributed by atoms with Crippen molar-refractivity contribution < 1.29 is 5.11 Å². The summed E-state index contributed by atoms with van der Waals surface area (Å²) in [5, 5.41) is 10.1. The van der Waals surface area contributed by atoms with Crippen LogP contribution < -0.4 is 0 Å². The minimum atomic E-state index is -0.102. The van der Waals surface area contributed by atoms with Gasteiger partial charge in [0.25, 0.3) is 0 Å². The van der Waals surface area contributed by atoms with Crippen molar-refractivity contribution in [3.63, 3.8) is 0 Å². The summed E-state index contributed by atoms with van der Waals surface area (Å²) in [5.41, 5.74) is 1.33. The van der Waals surface area contributed by atoms with Gasteiger partial charge in [-0.05, 0) is 18.4 Å². The molecule has 0 N–H and O–H groups in total. The first-order valence-corrected chi connectivity index (χ1v) is 4.20. The molecule has 1 nitrogen and oxygen atoms in total. The van der Waals surface area contributed by atoms with E-state index in [0.29, 0.717) is 0 Å². The van der Waals surface area contributed by atoms with Gasteiger partial charge in [0.05, 0.1) is 0 Å². The summed E-state index contributed by atoms with van der Waals surface area (Å²) >= 11 is 0. The smallest absolute Gasteiger partial charge is 0.100 e. The van der Waals surface area contributed by atoms with E-state index in [0.717, 1.165) is 12.8 Å². The maximum Gasteiger partial charge on any atom is 0.100 e. The molecule has 1 radical (unpaired) electrons. The fraction of sp³-hybridized carbons (Fsp3) is 0.273. The first-order chi connectivity index (χ1) is 5.93. The van der Waals surface area contributed by atoms with Crippen LogP contribution in [0.1, 0.15) is 12.0 Å². The summed E-state index contributed by atoms with van der Waals surface area (Å²) in [6, 6.07) is 10.3. The molecule has 0 aromatic heterocycles. The van der Waals surface area contributed by atoms with Crippen molar-refractivity contribution in [3.05, 3.63) is 48.0 Å². The lowest BCUT2D eigenvalue weighted by molar-refractivity contribution is 0.232. The average Bonchev–Trinajstić information content (AvgIpc) is 2.14. The molecule has 63 valence electrons. The third-order valence-corrected chi connectivity index (χ3v) is 1.71. The van der Waals surface area contributed by atoms with Crippen molar-refractivity contribution in [2.24, 2.45) is 0 Å². The Balaban J connectivity index is 2.29. The molecule has 0 atom stereocenters. The molecular formula is C11H13O. The van der Waals surface area contributed by atoms with E-state index >= 15 is 0 Å². The van der Waals surface area contributed by atoms with Gasteiger partial charge >= 0.3 is 0 Å². The molecule has 1 aromatic carbocycles. The van der Waals surface area contributed by atoms with Crippen LogP contribution in [0.4, 0.5) is 0 Å². The molecule has 1 aromatic rings. The molecule has 0 saturated heterocycles. The Kier molecular flexibility index (Phi) is 4.17. The maximum absolute atomic E-state index is 10.1. The van der Waals surface area contributed by atoms with E-state index in [4.69, 9.17) is 0 Å². The Morgan fingerprint density at radius 2 is 1.83 bits per heavy atom. The van der Waals surface area contributed by atoms with E-state index < -0.39 is 0 Å². The van der Waals surface area contributed by atoms with Crippen LogP contribution in [0.25, 0.3) is 0 Å². The highest BCUT2D eigenvalue weighted by atomic mass is 16.2. The Labute approximate surface area is 73.4 Å². The highest BCUT2D eigenvalue weighted by Crippen LogP contribution is 2.02. The number of benzene rings is 1. The van der Waals surface area contributed by atoms with Gasteiger partial charge in [-0.1, -0.05) is 42.5 Å². The van der Waals surface area contributed by atoms with Crippen molar-refractivity contribution in [2.75, 3.05) is 6.61 Å². The van der Waals surface area contributed by atoms with Gasteiger partial charge in [-0.3, -0.25) is 0 Å². The molecule has 1 heteroatoms. The third kappa shape index (κ3) is 3.35. The number of allylic oxidation sites excluding steroid dienone is 1. The number of aryl methyl sites for hydroxylation is 1. The largest absolute Gasteiger partial charge is 0.232 e. The number of hydrogen-bond donors (Lipinski definition) is 0. The predicted octanol–water partition coefficient (Wildman–Crippen LogP) is 2.61. The monoisotopic (exact) mass is 161 g/mol. The molecule has 0 aliphatic rings. The van der Waals surface area contributed by atoms with E-state index in [9.17, 15) is 5.11 Å². The van der Waals surface area contributed by atoms with Crippen molar-refractivity contribution in [3.8, 4) is 0 Å². The summed E-state index contributed by atoms with van der Waals surface area (Å²) in [4.78, 5) is 0. The molecule has 0 amide bonds. The summed E-state index contributed by atoms with van der Waals surface area (Å²) in [5.74, 6) is 0. The van der Waals surface area contributed by atoms with Crippen LogP contribution in [0.15, 0.2) is 42.5 Å². The molecule has 12 heavy (non-hydrogen) atoms. The number of rotatable bonds is 4. The summed E-state index contributed by atoms with van der Waals surface area (Å²) in [6.45, 7) is -0.102. The molecule has 0 bridgehead atoms. The Hall–Kier alpha value is -1.08. The molecular weight excluding hydrogens is 148 g/mol. The van der Waals surface area contributed by atoms with Gasteiger partial charge in [-0.15, -0.1) is 0 Å². The van der Waals surface area contributed by atoms with E-state index in [2.05, 4.69) is 12.1 Å². The second-order valence-electron chi connectivity index (χ2n) is 2.66. The zero-order valence-corrected chi connectivity index (χ0v) is 7.07. The quantitative estimate of drug-likeness (QED) is 0.605. The average molecular weight is 161 g/mol. The predicted molar refractivity (Wildman–Crippen MR) is 49.5 cm³/mol. The zero-order valence-electron chi connectivity index (χ0n) is 7.07. The lowest BCUT2D eigenvalue weighted by atomic mass is 10.1. The minimum absolute atomic E-state index is 0.102. The highest BCUT2D eigenvalue weighted by molar-refractivity contribution is 5.15. The fourth-order valence-corrected chi connectivity index (χ4v) is 1.08. The van der Waals surface area contributed by atoms with Crippen LogP contribution in [0, 0.1) is 0 Å². The topological polar surface area (TPSA) is 19.9 Å². The first kappa shape index (κ1) is 9.01. The van der Waals surface area contributed by atoms with Gasteiger partial charge in [0.2, 0.25) is 0 Å². The molecule has 0 heterocycles. The summed E-state index contributed by atoms with van der Waals surface area (Å²) in [6.07, 6.45) is 5.60. The van der Waals surface area contributed by atoms with E-state index in [-0.39, 0.29) is 6.61 Å². The first-order valence-electron chi connectivity index (χ1n) is 4.20. The highest BCUT2D eigenvalue weighted by Gasteiger charge is 1.87. The Morgan fingerprint density at radius 1 is 1.08 bits per heavy atom. The molecule has 0 fully saturated rings. The maximum atomic E-state index is 10.1. The van der Waals surface area contributed by atoms with E-state index in [1.807, 2.05) is 24.3 Å². The van der Waals surface area contributed by atoms with Gasteiger partial charge in [-0.25, -0.2) is 5.11 Å². The van der Waals surface area contributed by atoms with Gasteiger partial charge in [0, 0.05) is 0 Å². The molecule has 0 unspecified atom stereocenters. The Bertz CT molecular complexity index is 226. The summed E-state index contributed by atoms with van der Waals surface area (Å²) < 4.78 is 0. The zero-order chi connectivity index (χ0) is 8.65. The molecule has 1 rings (SSSR count). The fourth-order valence-electron chi connectivity index (χ4n) is 1.08. The van der Waals surface area contributed by atoms with Crippen LogP contribution in [-0.4, -0.2) is 6.61 Å². The van der Waals surface area contributed by atoms with Crippen LogP contribution in [0.2, 0.25) is 0 Å². The minimum Gasteiger partial charge on any atom is -0.232 e. The third-order valence-electron chi connectivity index (χ3n) is 1.71. The SMILES string of the molecule is [O]C/C=C/CCc1ccccc1. The van der Waals surface area contributed by atoms with Gasteiger partial charge in [0.15, 0.2) is 0 Å². The van der Waals surface area contributed by atoms with Gasteiger partial charge in [-0.2, -0.15) is 0 Å². The van der Waals surface area contributed by atoms with Crippen LogP contribution in [0.3, 0.4) is 0 Å². The molecule has 0 aliphatic carbocycles. The lowest BCUT2D eigenvalue weighted by Gasteiger charge is -1.95. The molecule has 0 spiro atoms. The normalized spacial score (nSPS) is 10.8. The van der Waals surface area contributed by atoms with Crippen LogP contribution >= 0.6 is 0 Å². The molecule has 0 saturated carbocycles. The van der Waals surface area contributed by atoms with Crippen molar-refractivity contribution in [1.82, 2.24) is 0 Å². The molecule has 0 aliphatic heterocycles. The van der Waals surface area contributed by atoms with E-state index in [1.165, 1.54) is 5.56 Å². The second kappa shape index (κ2) is 5.56. The van der Waals surface area contributed by atoms with E-state index in [1.54, 1.807) is 6.08 Å². The Morgan fingerprint density at radius 3 is 2.50 bits per heavy atom.